The molecule has 1 saturated heterocycles. The summed E-state index contributed by atoms with van der Waals surface area (Å²) in [5.74, 6) is 1.91. The molecule has 0 bridgehead atoms. The maximum Gasteiger partial charge on any atom is 0.252 e. The molecule has 4 heterocycles. The Bertz CT molecular complexity index is 1160. The average molecular weight is 454 g/mol. The van der Waals surface area contributed by atoms with Crippen LogP contribution >= 0.6 is 0 Å². The van der Waals surface area contributed by atoms with Gasteiger partial charge in [-0.15, -0.1) is 4.31 Å². The number of hydrogen-bond acceptors (Lipinski definition) is 9. The van der Waals surface area contributed by atoms with Gasteiger partial charge in [-0.3, -0.25) is 9.78 Å². The van der Waals surface area contributed by atoms with Gasteiger partial charge in [-0.05, 0) is 24.3 Å². The van der Waals surface area contributed by atoms with Crippen LogP contribution in [0.5, 0.6) is 0 Å². The maximum absolute atomic E-state index is 12.1. The number of anilines is 3. The summed E-state index contributed by atoms with van der Waals surface area (Å²) >= 11 is -1.07. The fourth-order valence-corrected chi connectivity index (χ4v) is 4.44. The predicted octanol–water partition coefficient (Wildman–Crippen LogP) is 1.42. The fraction of sp³-hybridized carbons (Fsp3) is 0.333. The minimum Gasteiger partial charge on any atom is -0.598 e. The van der Waals surface area contributed by atoms with Gasteiger partial charge in [0.05, 0.1) is 32.0 Å². The number of aromatic nitrogens is 4. The second-order valence-electron chi connectivity index (χ2n) is 7.60. The molecule has 2 aliphatic rings. The van der Waals surface area contributed by atoms with Crippen molar-refractivity contribution in [2.24, 2.45) is 0 Å². The van der Waals surface area contributed by atoms with Crippen LogP contribution in [0.4, 0.5) is 17.5 Å². The molecule has 1 unspecified atom stereocenters. The number of ether oxygens (including phenoxy) is 1. The molecule has 0 radical (unpaired) electrons. The van der Waals surface area contributed by atoms with Crippen molar-refractivity contribution in [3.8, 4) is 11.4 Å². The Hall–Kier alpha value is -2.99. The van der Waals surface area contributed by atoms with Crippen molar-refractivity contribution in [2.75, 3.05) is 42.8 Å². The summed E-state index contributed by atoms with van der Waals surface area (Å²) in [4.78, 5) is 30.1. The predicted molar refractivity (Wildman–Crippen MR) is 122 cm³/mol. The Morgan fingerprint density at radius 2 is 1.91 bits per heavy atom. The molecule has 2 N–H and O–H groups in total. The fourth-order valence-electron chi connectivity index (χ4n) is 3.83. The highest BCUT2D eigenvalue weighted by molar-refractivity contribution is 7.88. The smallest absolute Gasteiger partial charge is 0.252 e. The SMILES string of the molecule is C[S+]([O-])N1Cc2nc(-c3ccc(Nc4nccc(=O)[nH]4)cc3)nc(N3CCOCC3)c2C1. The van der Waals surface area contributed by atoms with Gasteiger partial charge in [-0.2, -0.15) is 0 Å². The van der Waals surface area contributed by atoms with Crippen molar-refractivity contribution in [3.05, 3.63) is 58.1 Å². The quantitative estimate of drug-likeness (QED) is 0.552. The Morgan fingerprint density at radius 1 is 1.12 bits per heavy atom. The molecular weight excluding hydrogens is 430 g/mol. The molecule has 2 aromatic heterocycles. The standard InChI is InChI=1S/C21H23N7O3S/c1-32(30)28-12-16-17(13-28)24-19(26-20(16)27-8-10-31-11-9-27)14-2-4-15(5-3-14)23-21-22-7-6-18(29)25-21/h2-7H,8-13H2,1H3,(H2,22,23,25,29). The zero-order valence-corrected chi connectivity index (χ0v) is 18.4. The van der Waals surface area contributed by atoms with Crippen LogP contribution in [0, 0.1) is 0 Å². The van der Waals surface area contributed by atoms with Crippen LogP contribution in [0.25, 0.3) is 11.4 Å². The molecule has 1 atom stereocenters. The molecule has 1 aromatic carbocycles. The lowest BCUT2D eigenvalue weighted by molar-refractivity contribution is 0.122. The molecule has 166 valence electrons. The van der Waals surface area contributed by atoms with E-state index >= 15 is 0 Å². The minimum absolute atomic E-state index is 0.219. The van der Waals surface area contributed by atoms with Crippen LogP contribution in [0.3, 0.4) is 0 Å². The van der Waals surface area contributed by atoms with Gasteiger partial charge in [0.25, 0.3) is 5.56 Å². The lowest BCUT2D eigenvalue weighted by Gasteiger charge is -2.29. The van der Waals surface area contributed by atoms with Crippen molar-refractivity contribution >= 4 is 28.8 Å². The summed E-state index contributed by atoms with van der Waals surface area (Å²) in [6.07, 6.45) is 3.14. The van der Waals surface area contributed by atoms with E-state index in [1.807, 2.05) is 28.6 Å². The van der Waals surface area contributed by atoms with Crippen LogP contribution < -0.4 is 15.8 Å². The summed E-state index contributed by atoms with van der Waals surface area (Å²) in [5, 5.41) is 3.08. The molecule has 0 aliphatic carbocycles. The van der Waals surface area contributed by atoms with E-state index in [9.17, 15) is 9.35 Å². The first-order valence-electron chi connectivity index (χ1n) is 10.3. The molecule has 10 nitrogen and oxygen atoms in total. The van der Waals surface area contributed by atoms with E-state index in [4.69, 9.17) is 14.7 Å². The molecule has 0 amide bonds. The summed E-state index contributed by atoms with van der Waals surface area (Å²) in [5.41, 5.74) is 3.40. The maximum atomic E-state index is 12.1. The molecule has 5 rings (SSSR count). The van der Waals surface area contributed by atoms with Crippen LogP contribution in [-0.4, -0.2) is 61.4 Å². The van der Waals surface area contributed by atoms with Crippen molar-refractivity contribution in [1.82, 2.24) is 24.2 Å². The van der Waals surface area contributed by atoms with E-state index in [-0.39, 0.29) is 5.56 Å². The first-order valence-corrected chi connectivity index (χ1v) is 11.8. The van der Waals surface area contributed by atoms with Gasteiger partial charge in [-0.25, -0.2) is 15.0 Å². The van der Waals surface area contributed by atoms with Crippen LogP contribution in [0.1, 0.15) is 11.3 Å². The van der Waals surface area contributed by atoms with Gasteiger partial charge in [0.1, 0.15) is 12.1 Å². The minimum atomic E-state index is -1.07. The highest BCUT2D eigenvalue weighted by Gasteiger charge is 2.32. The first-order chi connectivity index (χ1) is 15.6. The highest BCUT2D eigenvalue weighted by Crippen LogP contribution is 2.33. The molecule has 1 fully saturated rings. The topological polar surface area (TPSA) is 122 Å². The van der Waals surface area contributed by atoms with Crippen molar-refractivity contribution in [1.29, 1.82) is 0 Å². The summed E-state index contributed by atoms with van der Waals surface area (Å²) in [6.45, 7) is 3.97. The second kappa shape index (κ2) is 8.87. The third kappa shape index (κ3) is 4.32. The van der Waals surface area contributed by atoms with Crippen molar-refractivity contribution in [3.63, 3.8) is 0 Å². The number of nitrogens with zero attached hydrogens (tertiary/aromatic N) is 5. The van der Waals surface area contributed by atoms with Gasteiger partial charge in [-0.1, -0.05) is 0 Å². The number of rotatable bonds is 5. The van der Waals surface area contributed by atoms with Crippen molar-refractivity contribution < 1.29 is 9.29 Å². The monoisotopic (exact) mass is 453 g/mol. The Kier molecular flexibility index (Phi) is 5.79. The van der Waals surface area contributed by atoms with Gasteiger partial charge in [0.2, 0.25) is 5.95 Å². The Balaban J connectivity index is 1.45. The largest absolute Gasteiger partial charge is 0.598 e. The molecule has 2 aliphatic heterocycles. The van der Waals surface area contributed by atoms with E-state index in [1.54, 1.807) is 6.26 Å². The van der Waals surface area contributed by atoms with Crippen LogP contribution in [0.2, 0.25) is 0 Å². The molecule has 11 heteroatoms. The van der Waals surface area contributed by atoms with Crippen LogP contribution in [0.15, 0.2) is 41.3 Å². The van der Waals surface area contributed by atoms with Gasteiger partial charge < -0.3 is 19.5 Å². The van der Waals surface area contributed by atoms with Gasteiger partial charge in [0, 0.05) is 53.5 Å². The van der Waals surface area contributed by atoms with E-state index in [2.05, 4.69) is 20.2 Å². The zero-order valence-electron chi connectivity index (χ0n) is 17.6. The highest BCUT2D eigenvalue weighted by atomic mass is 32.2. The van der Waals surface area contributed by atoms with E-state index in [0.717, 1.165) is 41.4 Å². The second-order valence-corrected chi connectivity index (χ2v) is 8.97. The Labute approximate surface area is 188 Å². The number of morpholine rings is 1. The number of fused-ring (bicyclic) bond motifs is 1. The summed E-state index contributed by atoms with van der Waals surface area (Å²) in [7, 11) is 0. The number of aromatic amines is 1. The normalized spacial score (nSPS) is 17.2. The van der Waals surface area contributed by atoms with E-state index < -0.39 is 11.4 Å². The lowest BCUT2D eigenvalue weighted by Crippen LogP contribution is -2.37. The van der Waals surface area contributed by atoms with Gasteiger partial charge >= 0.3 is 0 Å². The summed E-state index contributed by atoms with van der Waals surface area (Å²) < 4.78 is 19.5. The molecule has 3 aromatic rings. The van der Waals surface area contributed by atoms with Gasteiger partial charge in [0.15, 0.2) is 5.82 Å². The number of benzene rings is 1. The number of nitrogens with one attached hydrogen (secondary N) is 2. The molecule has 0 saturated carbocycles. The molecule has 32 heavy (non-hydrogen) atoms. The van der Waals surface area contributed by atoms with Crippen LogP contribution in [-0.2, 0) is 29.2 Å². The summed E-state index contributed by atoms with van der Waals surface area (Å²) in [6, 6.07) is 9.00. The van der Waals surface area contributed by atoms with E-state index in [0.29, 0.717) is 38.1 Å². The number of H-pyrrole nitrogens is 1. The zero-order chi connectivity index (χ0) is 22.1. The van der Waals surface area contributed by atoms with E-state index in [1.165, 1.54) is 12.3 Å². The Morgan fingerprint density at radius 3 is 2.62 bits per heavy atom. The molecule has 0 spiro atoms. The number of hydrogen-bond donors (Lipinski definition) is 2. The third-order valence-electron chi connectivity index (χ3n) is 5.48. The average Bonchev–Trinajstić information content (AvgIpc) is 3.24. The first kappa shape index (κ1) is 20.9. The lowest BCUT2D eigenvalue weighted by atomic mass is 10.1. The van der Waals surface area contributed by atoms with Crippen molar-refractivity contribution in [2.45, 2.75) is 13.1 Å². The third-order valence-corrected chi connectivity index (χ3v) is 6.47. The molecular formula is C21H23N7O3S.